The van der Waals surface area contributed by atoms with E-state index in [-0.39, 0.29) is 17.7 Å². The lowest BCUT2D eigenvalue weighted by atomic mass is 9.92. The second kappa shape index (κ2) is 7.34. The molecule has 1 aromatic rings. The minimum atomic E-state index is -0.378. The molecule has 0 amide bonds. The van der Waals surface area contributed by atoms with Crippen LogP contribution in [0.4, 0.5) is 10.3 Å². The van der Waals surface area contributed by atoms with Crippen molar-refractivity contribution in [2.75, 3.05) is 5.73 Å². The van der Waals surface area contributed by atoms with Crippen molar-refractivity contribution in [2.45, 2.75) is 34.1 Å². The maximum atomic E-state index is 14.4. The van der Waals surface area contributed by atoms with E-state index in [0.29, 0.717) is 22.6 Å². The van der Waals surface area contributed by atoms with Crippen molar-refractivity contribution in [3.8, 4) is 0 Å². The van der Waals surface area contributed by atoms with Crippen molar-refractivity contribution in [3.05, 3.63) is 59.4 Å². The molecule has 0 bridgehead atoms. The van der Waals surface area contributed by atoms with Crippen LogP contribution in [0.15, 0.2) is 53.1 Å². The first kappa shape index (κ1) is 17.8. The third-order valence-electron chi connectivity index (χ3n) is 4.15. The molecule has 0 saturated carbocycles. The number of hydrogen-bond donors (Lipinski definition) is 1. The predicted molar refractivity (Wildman–Crippen MR) is 98.1 cm³/mol. The Labute approximate surface area is 142 Å². The van der Waals surface area contributed by atoms with E-state index in [1.807, 2.05) is 13.0 Å². The highest BCUT2D eigenvalue weighted by molar-refractivity contribution is 5.98. The average Bonchev–Trinajstić information content (AvgIpc) is 2.57. The lowest BCUT2D eigenvalue weighted by Gasteiger charge is -2.14. The lowest BCUT2D eigenvalue weighted by Crippen LogP contribution is -2.02. The third-order valence-corrected chi connectivity index (χ3v) is 4.15. The van der Waals surface area contributed by atoms with Gasteiger partial charge in [-0.2, -0.15) is 0 Å². The molecule has 4 nitrogen and oxygen atoms in total. The van der Waals surface area contributed by atoms with Gasteiger partial charge < -0.3 is 5.73 Å². The van der Waals surface area contributed by atoms with Crippen LogP contribution < -0.4 is 5.73 Å². The van der Waals surface area contributed by atoms with Gasteiger partial charge in [0.2, 0.25) is 5.95 Å². The van der Waals surface area contributed by atoms with Crippen LogP contribution in [-0.4, -0.2) is 15.7 Å². The number of aromatic nitrogens is 2. The van der Waals surface area contributed by atoms with Crippen LogP contribution in [-0.2, 0) is 0 Å². The summed E-state index contributed by atoms with van der Waals surface area (Å²) in [7, 11) is 0. The van der Waals surface area contributed by atoms with Crippen molar-refractivity contribution >= 4 is 17.2 Å². The molecule has 0 spiro atoms. The first-order valence-corrected chi connectivity index (χ1v) is 7.95. The van der Waals surface area contributed by atoms with Crippen LogP contribution in [0.25, 0.3) is 5.57 Å². The Morgan fingerprint density at radius 3 is 2.71 bits per heavy atom. The average molecular weight is 326 g/mol. The van der Waals surface area contributed by atoms with Crippen LogP contribution in [0.3, 0.4) is 0 Å². The fourth-order valence-corrected chi connectivity index (χ4v) is 2.56. The standard InChI is InChI=1S/C19H23FN4/c1-6-15-9-22-14(5)18(20)8-16(7-11(15)2)12(3)17-10-23-19(21)24-13(17)4/h7-11H,3,6H2,1-2,4-5H3,(H2,21,23,24)/b15-9-,16-7+,18-8+,22-14+/t11-/m1/s1. The molecule has 2 heterocycles. The summed E-state index contributed by atoms with van der Waals surface area (Å²) in [5, 5.41) is 0. The van der Waals surface area contributed by atoms with Crippen molar-refractivity contribution in [1.82, 2.24) is 9.97 Å². The van der Waals surface area contributed by atoms with Crippen LogP contribution >= 0.6 is 0 Å². The molecular weight excluding hydrogens is 303 g/mol. The SMILES string of the molecule is C=C(C1=C/[C@@H](C)\C(CC)=C/N=C(C)/C(F)=C\1)c1cnc(N)nc1C. The topological polar surface area (TPSA) is 64.2 Å². The summed E-state index contributed by atoms with van der Waals surface area (Å²) in [6.45, 7) is 11.7. The molecule has 1 aliphatic rings. The number of nitrogens with two attached hydrogens (primary N) is 1. The van der Waals surface area contributed by atoms with Crippen molar-refractivity contribution in [3.63, 3.8) is 0 Å². The Kier molecular flexibility index (Phi) is 5.44. The van der Waals surface area contributed by atoms with Crippen LogP contribution in [0.2, 0.25) is 0 Å². The number of aryl methyl sites for hydroxylation is 1. The highest BCUT2D eigenvalue weighted by atomic mass is 19.1. The number of halogens is 1. The van der Waals surface area contributed by atoms with E-state index in [2.05, 4.69) is 35.4 Å². The zero-order valence-electron chi connectivity index (χ0n) is 14.6. The highest BCUT2D eigenvalue weighted by Gasteiger charge is 2.15. The van der Waals surface area contributed by atoms with Gasteiger partial charge in [-0.15, -0.1) is 0 Å². The van der Waals surface area contributed by atoms with Crippen molar-refractivity contribution in [1.29, 1.82) is 0 Å². The molecule has 5 heteroatoms. The molecule has 2 N–H and O–H groups in total. The molecule has 2 rings (SSSR count). The summed E-state index contributed by atoms with van der Waals surface area (Å²) in [5.74, 6) is -0.0468. The van der Waals surface area contributed by atoms with Gasteiger partial charge in [0.05, 0.1) is 11.4 Å². The Bertz CT molecular complexity index is 785. The van der Waals surface area contributed by atoms with E-state index in [9.17, 15) is 4.39 Å². The quantitative estimate of drug-likeness (QED) is 0.885. The minimum Gasteiger partial charge on any atom is -0.368 e. The summed E-state index contributed by atoms with van der Waals surface area (Å²) >= 11 is 0. The van der Waals surface area contributed by atoms with Gasteiger partial charge in [-0.3, -0.25) is 4.99 Å². The van der Waals surface area contributed by atoms with Gasteiger partial charge in [0.25, 0.3) is 0 Å². The number of nitrogen functional groups attached to an aromatic ring is 1. The van der Waals surface area contributed by atoms with Gasteiger partial charge in [-0.25, -0.2) is 14.4 Å². The second-order valence-electron chi connectivity index (χ2n) is 5.88. The van der Waals surface area contributed by atoms with E-state index in [0.717, 1.165) is 17.6 Å². The van der Waals surface area contributed by atoms with Crippen molar-refractivity contribution < 1.29 is 4.39 Å². The van der Waals surface area contributed by atoms with Gasteiger partial charge >= 0.3 is 0 Å². The summed E-state index contributed by atoms with van der Waals surface area (Å²) in [6.07, 6.45) is 7.70. The zero-order chi connectivity index (χ0) is 17.9. The number of aliphatic imine (C=N–C) groups is 1. The van der Waals surface area contributed by atoms with Gasteiger partial charge in [0.15, 0.2) is 0 Å². The number of nitrogens with zero attached hydrogens (tertiary/aromatic N) is 3. The fraction of sp³-hybridized carbons (Fsp3) is 0.316. The van der Waals surface area contributed by atoms with Crippen LogP contribution in [0, 0.1) is 12.8 Å². The van der Waals surface area contributed by atoms with Crippen LogP contribution in [0.1, 0.15) is 38.4 Å². The molecule has 1 aromatic heterocycles. The maximum Gasteiger partial charge on any atom is 0.220 e. The Morgan fingerprint density at radius 1 is 1.38 bits per heavy atom. The Hall–Kier alpha value is -2.56. The van der Waals surface area contributed by atoms with E-state index in [1.165, 1.54) is 6.08 Å². The largest absolute Gasteiger partial charge is 0.368 e. The normalized spacial score (nSPS) is 27.1. The molecule has 126 valence electrons. The predicted octanol–water partition coefficient (Wildman–Crippen LogP) is 4.56. The molecule has 0 unspecified atom stereocenters. The van der Waals surface area contributed by atoms with E-state index in [1.54, 1.807) is 19.3 Å². The van der Waals surface area contributed by atoms with E-state index < -0.39 is 0 Å². The second-order valence-corrected chi connectivity index (χ2v) is 5.88. The van der Waals surface area contributed by atoms with Crippen LogP contribution in [0.5, 0.6) is 0 Å². The highest BCUT2D eigenvalue weighted by Crippen LogP contribution is 2.29. The Balaban J connectivity index is 2.55. The Morgan fingerprint density at radius 2 is 2.08 bits per heavy atom. The van der Waals surface area contributed by atoms with Gasteiger partial charge in [0.1, 0.15) is 5.83 Å². The minimum absolute atomic E-state index is 0.121. The number of allylic oxidation sites excluding steroid dienone is 6. The number of anilines is 1. The molecule has 1 aliphatic heterocycles. The van der Waals surface area contributed by atoms with E-state index in [4.69, 9.17) is 5.73 Å². The third kappa shape index (κ3) is 3.85. The number of rotatable bonds is 3. The molecule has 0 saturated heterocycles. The lowest BCUT2D eigenvalue weighted by molar-refractivity contribution is 0.680. The van der Waals surface area contributed by atoms with E-state index >= 15 is 0 Å². The van der Waals surface area contributed by atoms with Gasteiger partial charge in [-0.05, 0) is 49.0 Å². The zero-order valence-corrected chi connectivity index (χ0v) is 14.6. The summed E-state index contributed by atoms with van der Waals surface area (Å²) in [6, 6.07) is 0. The molecule has 1 atom stereocenters. The first-order valence-electron chi connectivity index (χ1n) is 7.95. The molecule has 24 heavy (non-hydrogen) atoms. The smallest absolute Gasteiger partial charge is 0.220 e. The molecule has 0 fully saturated rings. The summed E-state index contributed by atoms with van der Waals surface area (Å²) in [5.41, 5.74) is 9.92. The first-order chi connectivity index (χ1) is 11.3. The van der Waals surface area contributed by atoms with Crippen molar-refractivity contribution in [2.24, 2.45) is 10.9 Å². The molecule has 0 aliphatic carbocycles. The molecule has 0 radical (unpaired) electrons. The number of hydrogen-bond acceptors (Lipinski definition) is 4. The summed E-state index contributed by atoms with van der Waals surface area (Å²) in [4.78, 5) is 12.4. The van der Waals surface area contributed by atoms with Gasteiger partial charge in [-0.1, -0.05) is 26.5 Å². The van der Waals surface area contributed by atoms with Gasteiger partial charge in [0, 0.05) is 18.0 Å². The molecule has 0 aromatic carbocycles. The monoisotopic (exact) mass is 326 g/mol. The maximum absolute atomic E-state index is 14.4. The fourth-order valence-electron chi connectivity index (χ4n) is 2.56. The summed E-state index contributed by atoms with van der Waals surface area (Å²) < 4.78 is 14.4. The molecular formula is C19H23FN4.